The van der Waals surface area contributed by atoms with E-state index in [0.29, 0.717) is 11.4 Å². The number of nitrogens with one attached hydrogen (secondary N) is 1. The number of ketones is 1. The second kappa shape index (κ2) is 7.16. The number of para-hydroxylation sites is 2. The monoisotopic (exact) mass is 313 g/mol. The first-order chi connectivity index (χ1) is 8.52. The van der Waals surface area contributed by atoms with E-state index in [0.717, 1.165) is 0 Å². The van der Waals surface area contributed by atoms with Crippen molar-refractivity contribution in [2.24, 2.45) is 0 Å². The third kappa shape index (κ3) is 4.87. The van der Waals surface area contributed by atoms with Gasteiger partial charge in [-0.3, -0.25) is 9.59 Å². The van der Waals surface area contributed by atoms with Crippen molar-refractivity contribution in [3.8, 4) is 5.75 Å². The lowest BCUT2D eigenvalue weighted by atomic mass is 10.2. The van der Waals surface area contributed by atoms with E-state index >= 15 is 0 Å². The number of benzene rings is 1. The molecule has 0 heterocycles. The molecule has 1 aromatic carbocycles. The molecule has 5 heteroatoms. The smallest absolute Gasteiger partial charge is 0.231 e. The summed E-state index contributed by atoms with van der Waals surface area (Å²) >= 11 is 3.02. The van der Waals surface area contributed by atoms with Crippen LogP contribution in [0.2, 0.25) is 0 Å². The molecule has 1 amide bonds. The van der Waals surface area contributed by atoms with E-state index in [2.05, 4.69) is 21.2 Å². The number of amides is 1. The Hall–Kier alpha value is -1.36. The summed E-state index contributed by atoms with van der Waals surface area (Å²) in [6.07, 6.45) is -0.117. The molecule has 0 aliphatic heterocycles. The average Bonchev–Trinajstić information content (AvgIpc) is 2.30. The molecule has 0 atom stereocenters. The molecule has 1 rings (SSSR count). The molecule has 1 N–H and O–H groups in total. The molecule has 1 aromatic rings. The lowest BCUT2D eigenvalue weighted by molar-refractivity contribution is -0.123. The predicted octanol–water partition coefficient (Wildman–Crippen LogP) is 2.77. The standard InChI is InChI=1S/C13H16BrNO3/c1-9(2)18-12-6-4-3-5-11(12)15-13(17)7-10(16)8-14/h3-6,9H,7-8H2,1-2H3,(H,15,17). The summed E-state index contributed by atoms with van der Waals surface area (Å²) in [5.41, 5.74) is 0.582. The van der Waals surface area contributed by atoms with Gasteiger partial charge in [-0.15, -0.1) is 0 Å². The minimum Gasteiger partial charge on any atom is -0.489 e. The third-order valence-electron chi connectivity index (χ3n) is 2.03. The topological polar surface area (TPSA) is 55.4 Å². The zero-order valence-corrected chi connectivity index (χ0v) is 12.0. The van der Waals surface area contributed by atoms with Crippen LogP contribution >= 0.6 is 15.9 Å². The van der Waals surface area contributed by atoms with Gasteiger partial charge in [-0.05, 0) is 26.0 Å². The van der Waals surface area contributed by atoms with Crippen molar-refractivity contribution in [1.82, 2.24) is 0 Å². The van der Waals surface area contributed by atoms with Crippen molar-refractivity contribution in [3.05, 3.63) is 24.3 Å². The third-order valence-corrected chi connectivity index (χ3v) is 2.66. The van der Waals surface area contributed by atoms with Gasteiger partial charge in [0, 0.05) is 0 Å². The van der Waals surface area contributed by atoms with Crippen LogP contribution in [0.5, 0.6) is 5.75 Å². The molecule has 4 nitrogen and oxygen atoms in total. The van der Waals surface area contributed by atoms with E-state index < -0.39 is 0 Å². The molecule has 0 saturated carbocycles. The van der Waals surface area contributed by atoms with E-state index in [-0.39, 0.29) is 29.5 Å². The van der Waals surface area contributed by atoms with Gasteiger partial charge in [-0.1, -0.05) is 28.1 Å². The number of rotatable bonds is 6. The minimum atomic E-state index is -0.334. The van der Waals surface area contributed by atoms with Gasteiger partial charge in [-0.25, -0.2) is 0 Å². The van der Waals surface area contributed by atoms with Gasteiger partial charge in [0.2, 0.25) is 5.91 Å². The van der Waals surface area contributed by atoms with Gasteiger partial charge >= 0.3 is 0 Å². The molecule has 0 aromatic heterocycles. The maximum absolute atomic E-state index is 11.6. The number of anilines is 1. The first kappa shape index (κ1) is 14.7. The fraction of sp³-hybridized carbons (Fsp3) is 0.385. The lowest BCUT2D eigenvalue weighted by Gasteiger charge is -2.14. The van der Waals surface area contributed by atoms with E-state index in [1.807, 2.05) is 19.9 Å². The molecule has 98 valence electrons. The molecule has 0 aliphatic rings. The first-order valence-electron chi connectivity index (χ1n) is 5.66. The first-order valence-corrected chi connectivity index (χ1v) is 6.78. The highest BCUT2D eigenvalue weighted by molar-refractivity contribution is 9.09. The number of hydrogen-bond acceptors (Lipinski definition) is 3. The van der Waals surface area contributed by atoms with Crippen molar-refractivity contribution in [2.45, 2.75) is 26.4 Å². The van der Waals surface area contributed by atoms with Gasteiger partial charge in [0.15, 0.2) is 5.78 Å². The van der Waals surface area contributed by atoms with E-state index in [4.69, 9.17) is 4.74 Å². The Morgan fingerprint density at radius 1 is 1.33 bits per heavy atom. The van der Waals surface area contributed by atoms with Gasteiger partial charge in [0.1, 0.15) is 5.75 Å². The summed E-state index contributed by atoms with van der Waals surface area (Å²) in [6.45, 7) is 3.82. The second-order valence-corrected chi connectivity index (χ2v) is 4.62. The quantitative estimate of drug-likeness (QED) is 0.649. The fourth-order valence-corrected chi connectivity index (χ4v) is 1.55. The summed E-state index contributed by atoms with van der Waals surface area (Å²) in [7, 11) is 0. The number of halogens is 1. The number of carbonyl (C=O) groups is 2. The van der Waals surface area contributed by atoms with Crippen molar-refractivity contribution < 1.29 is 14.3 Å². The fourth-order valence-electron chi connectivity index (χ4n) is 1.35. The van der Waals surface area contributed by atoms with Crippen LogP contribution in [-0.2, 0) is 9.59 Å². The zero-order valence-electron chi connectivity index (χ0n) is 10.4. The molecule has 0 aliphatic carbocycles. The molecule has 18 heavy (non-hydrogen) atoms. The summed E-state index contributed by atoms with van der Waals surface area (Å²) in [5.74, 6) is 0.112. The van der Waals surface area contributed by atoms with Crippen molar-refractivity contribution in [1.29, 1.82) is 0 Å². The molecular formula is C13H16BrNO3. The Bertz CT molecular complexity index is 432. The van der Waals surface area contributed by atoms with Gasteiger partial charge in [0.05, 0.1) is 23.5 Å². The van der Waals surface area contributed by atoms with Crippen LogP contribution in [0.25, 0.3) is 0 Å². The Kier molecular flexibility index (Phi) is 5.85. The van der Waals surface area contributed by atoms with Crippen LogP contribution in [0.3, 0.4) is 0 Å². The molecule has 0 saturated heterocycles. The van der Waals surface area contributed by atoms with E-state index in [9.17, 15) is 9.59 Å². The van der Waals surface area contributed by atoms with Crippen LogP contribution in [0.15, 0.2) is 24.3 Å². The number of hydrogen-bond donors (Lipinski definition) is 1. The SMILES string of the molecule is CC(C)Oc1ccccc1NC(=O)CC(=O)CBr. The van der Waals surface area contributed by atoms with Crippen LogP contribution in [-0.4, -0.2) is 23.1 Å². The highest BCUT2D eigenvalue weighted by atomic mass is 79.9. The van der Waals surface area contributed by atoms with Crippen LogP contribution in [0, 0.1) is 0 Å². The summed E-state index contributed by atoms with van der Waals surface area (Å²) in [4.78, 5) is 22.7. The highest BCUT2D eigenvalue weighted by Crippen LogP contribution is 2.24. The number of ether oxygens (including phenoxy) is 1. The van der Waals surface area contributed by atoms with Crippen molar-refractivity contribution in [3.63, 3.8) is 0 Å². The average molecular weight is 314 g/mol. The number of Topliss-reactive ketones (excluding diaryl/α,β-unsaturated/α-hetero) is 1. The van der Waals surface area contributed by atoms with Crippen molar-refractivity contribution >= 4 is 33.3 Å². The van der Waals surface area contributed by atoms with Gasteiger partial charge in [-0.2, -0.15) is 0 Å². The summed E-state index contributed by atoms with van der Waals surface area (Å²) < 4.78 is 5.57. The maximum atomic E-state index is 11.6. The molecule has 0 bridgehead atoms. The van der Waals surface area contributed by atoms with Crippen LogP contribution in [0.4, 0.5) is 5.69 Å². The molecule has 0 spiro atoms. The molecule has 0 fully saturated rings. The van der Waals surface area contributed by atoms with E-state index in [1.54, 1.807) is 18.2 Å². The Balaban J connectivity index is 2.71. The highest BCUT2D eigenvalue weighted by Gasteiger charge is 2.11. The Morgan fingerprint density at radius 2 is 2.00 bits per heavy atom. The van der Waals surface area contributed by atoms with Crippen molar-refractivity contribution in [2.75, 3.05) is 10.6 Å². The van der Waals surface area contributed by atoms with Crippen LogP contribution in [0.1, 0.15) is 20.3 Å². The second-order valence-electron chi connectivity index (χ2n) is 4.06. The molecule has 0 radical (unpaired) electrons. The van der Waals surface area contributed by atoms with Gasteiger partial charge < -0.3 is 10.1 Å². The van der Waals surface area contributed by atoms with Gasteiger partial charge in [0.25, 0.3) is 0 Å². The lowest BCUT2D eigenvalue weighted by Crippen LogP contribution is -2.18. The normalized spacial score (nSPS) is 10.2. The minimum absolute atomic E-state index is 0.0206. The Labute approximate surface area is 115 Å². The Morgan fingerprint density at radius 3 is 2.61 bits per heavy atom. The molecular weight excluding hydrogens is 298 g/mol. The summed E-state index contributed by atoms with van der Waals surface area (Å²) in [6, 6.07) is 7.16. The van der Waals surface area contributed by atoms with E-state index in [1.165, 1.54) is 0 Å². The summed E-state index contributed by atoms with van der Waals surface area (Å²) in [5, 5.41) is 2.86. The molecule has 0 unspecified atom stereocenters. The number of alkyl halides is 1. The van der Waals surface area contributed by atoms with Crippen LogP contribution < -0.4 is 10.1 Å². The maximum Gasteiger partial charge on any atom is 0.231 e. The zero-order chi connectivity index (χ0) is 13.5. The number of carbonyl (C=O) groups excluding carboxylic acids is 2. The largest absolute Gasteiger partial charge is 0.489 e. The predicted molar refractivity (Wildman–Crippen MR) is 74.3 cm³/mol.